The lowest BCUT2D eigenvalue weighted by molar-refractivity contribution is 0.182. The molecule has 0 radical (unpaired) electrons. The first-order valence-corrected chi connectivity index (χ1v) is 10.3. The van der Waals surface area contributed by atoms with E-state index in [1.165, 1.54) is 57.5 Å². The molecular weight excluding hydrogens is 323 g/mol. The Bertz CT molecular complexity index is 515. The van der Waals surface area contributed by atoms with Crippen LogP contribution in [0.2, 0.25) is 0 Å². The SMILES string of the molecule is C=CCN1CC[C@H](CN2CCC(c3ccc(F)cc3)CC2)C1.CC(C)C. The van der Waals surface area contributed by atoms with Gasteiger partial charge in [0.15, 0.2) is 0 Å². The van der Waals surface area contributed by atoms with Gasteiger partial charge in [0.2, 0.25) is 0 Å². The Morgan fingerprint density at radius 2 is 1.62 bits per heavy atom. The lowest BCUT2D eigenvalue weighted by Crippen LogP contribution is -2.37. The number of hydrogen-bond acceptors (Lipinski definition) is 2. The predicted octanol–water partition coefficient (Wildman–Crippen LogP) is 5.18. The summed E-state index contributed by atoms with van der Waals surface area (Å²) in [4.78, 5) is 5.13. The smallest absolute Gasteiger partial charge is 0.123 e. The second-order valence-corrected chi connectivity index (χ2v) is 8.56. The lowest BCUT2D eigenvalue weighted by atomic mass is 9.89. The molecule has 3 rings (SSSR count). The van der Waals surface area contributed by atoms with Crippen molar-refractivity contribution in [3.8, 4) is 0 Å². The summed E-state index contributed by atoms with van der Waals surface area (Å²) in [6.07, 6.45) is 5.74. The van der Waals surface area contributed by atoms with Crippen LogP contribution in [-0.4, -0.2) is 49.1 Å². The zero-order chi connectivity index (χ0) is 18.9. The molecule has 2 aliphatic rings. The molecule has 2 saturated heterocycles. The molecule has 0 N–H and O–H groups in total. The first-order valence-electron chi connectivity index (χ1n) is 10.3. The van der Waals surface area contributed by atoms with Crippen LogP contribution in [0.3, 0.4) is 0 Å². The van der Waals surface area contributed by atoms with E-state index in [2.05, 4.69) is 37.1 Å². The fraction of sp³-hybridized carbons (Fsp3) is 0.652. The van der Waals surface area contributed by atoms with Crippen molar-refractivity contribution in [3.63, 3.8) is 0 Å². The van der Waals surface area contributed by atoms with Crippen molar-refractivity contribution in [3.05, 3.63) is 48.3 Å². The van der Waals surface area contributed by atoms with Crippen molar-refractivity contribution in [2.45, 2.75) is 46.0 Å². The third kappa shape index (κ3) is 7.20. The minimum Gasteiger partial charge on any atom is -0.303 e. The monoisotopic (exact) mass is 360 g/mol. The zero-order valence-electron chi connectivity index (χ0n) is 17.0. The van der Waals surface area contributed by atoms with Gasteiger partial charge in [0, 0.05) is 19.6 Å². The van der Waals surface area contributed by atoms with Gasteiger partial charge in [-0.2, -0.15) is 0 Å². The van der Waals surface area contributed by atoms with Crippen molar-refractivity contribution in [2.24, 2.45) is 11.8 Å². The Morgan fingerprint density at radius 3 is 2.19 bits per heavy atom. The summed E-state index contributed by atoms with van der Waals surface area (Å²) >= 11 is 0. The van der Waals surface area contributed by atoms with Gasteiger partial charge < -0.3 is 4.90 Å². The molecule has 0 aromatic heterocycles. The van der Waals surface area contributed by atoms with Crippen molar-refractivity contribution in [2.75, 3.05) is 39.3 Å². The Hall–Kier alpha value is -1.19. The molecule has 0 aliphatic carbocycles. The number of piperidine rings is 1. The van der Waals surface area contributed by atoms with Crippen LogP contribution in [0.1, 0.15) is 51.5 Å². The molecule has 2 nitrogen and oxygen atoms in total. The van der Waals surface area contributed by atoms with Crippen LogP contribution in [-0.2, 0) is 0 Å². The van der Waals surface area contributed by atoms with E-state index >= 15 is 0 Å². The molecule has 2 heterocycles. The second-order valence-electron chi connectivity index (χ2n) is 8.56. The molecule has 146 valence electrons. The highest BCUT2D eigenvalue weighted by atomic mass is 19.1. The molecule has 0 amide bonds. The van der Waals surface area contributed by atoms with E-state index in [1.54, 1.807) is 12.1 Å². The first-order chi connectivity index (χ1) is 12.5. The van der Waals surface area contributed by atoms with Crippen LogP contribution >= 0.6 is 0 Å². The summed E-state index contributed by atoms with van der Waals surface area (Å²) in [7, 11) is 0. The summed E-state index contributed by atoms with van der Waals surface area (Å²) < 4.78 is 13.0. The number of halogens is 1. The van der Waals surface area contributed by atoms with Crippen molar-refractivity contribution < 1.29 is 4.39 Å². The Labute approximate surface area is 160 Å². The van der Waals surface area contributed by atoms with Gasteiger partial charge in [0.25, 0.3) is 0 Å². The largest absolute Gasteiger partial charge is 0.303 e. The molecule has 1 atom stereocenters. The van der Waals surface area contributed by atoms with Crippen LogP contribution in [0.25, 0.3) is 0 Å². The fourth-order valence-electron chi connectivity index (χ4n) is 3.96. The number of rotatable bonds is 5. The molecule has 0 bridgehead atoms. The van der Waals surface area contributed by atoms with E-state index in [-0.39, 0.29) is 5.82 Å². The van der Waals surface area contributed by atoms with E-state index in [0.29, 0.717) is 5.92 Å². The highest BCUT2D eigenvalue weighted by Crippen LogP contribution is 2.29. The van der Waals surface area contributed by atoms with Gasteiger partial charge in [0.1, 0.15) is 5.82 Å². The average Bonchev–Trinajstić information content (AvgIpc) is 3.03. The van der Waals surface area contributed by atoms with Gasteiger partial charge in [0.05, 0.1) is 0 Å². The van der Waals surface area contributed by atoms with E-state index in [0.717, 1.165) is 18.4 Å². The molecule has 0 unspecified atom stereocenters. The molecule has 0 saturated carbocycles. The molecule has 2 fully saturated rings. The Balaban J connectivity index is 0.000000552. The predicted molar refractivity (Wildman–Crippen MR) is 110 cm³/mol. The molecule has 0 spiro atoms. The summed E-state index contributed by atoms with van der Waals surface area (Å²) in [5, 5.41) is 0. The minimum absolute atomic E-state index is 0.133. The quantitative estimate of drug-likeness (QED) is 0.668. The Kier molecular flexibility index (Phi) is 8.80. The van der Waals surface area contributed by atoms with Crippen molar-refractivity contribution >= 4 is 0 Å². The number of hydrogen-bond donors (Lipinski definition) is 0. The third-order valence-electron chi connectivity index (χ3n) is 5.20. The van der Waals surface area contributed by atoms with Crippen LogP contribution < -0.4 is 0 Å². The highest BCUT2D eigenvalue weighted by molar-refractivity contribution is 5.21. The topological polar surface area (TPSA) is 6.48 Å². The minimum atomic E-state index is -0.133. The van der Waals surface area contributed by atoms with Gasteiger partial charge in [-0.05, 0) is 74.3 Å². The van der Waals surface area contributed by atoms with Crippen LogP contribution in [0.5, 0.6) is 0 Å². The van der Waals surface area contributed by atoms with Crippen LogP contribution in [0.15, 0.2) is 36.9 Å². The van der Waals surface area contributed by atoms with E-state index in [4.69, 9.17) is 0 Å². The van der Waals surface area contributed by atoms with Crippen molar-refractivity contribution in [1.82, 2.24) is 9.80 Å². The standard InChI is InChI=1S/C19H27FN2.C4H10/c1-2-10-21-11-7-16(14-21)15-22-12-8-18(9-13-22)17-3-5-19(20)6-4-17;1-4(2)3/h2-6,16,18H,1,7-15H2;4H,1-3H3/t16-;/m0./s1. The number of benzene rings is 1. The van der Waals surface area contributed by atoms with Crippen LogP contribution in [0, 0.1) is 17.7 Å². The maximum atomic E-state index is 13.0. The van der Waals surface area contributed by atoms with E-state index in [1.807, 2.05) is 18.2 Å². The summed E-state index contributed by atoms with van der Waals surface area (Å²) in [6.45, 7) is 17.4. The average molecular weight is 361 g/mol. The molecule has 1 aromatic rings. The summed E-state index contributed by atoms with van der Waals surface area (Å²) in [5.74, 6) is 2.13. The van der Waals surface area contributed by atoms with Gasteiger partial charge in [-0.1, -0.05) is 39.0 Å². The van der Waals surface area contributed by atoms with Crippen LogP contribution in [0.4, 0.5) is 4.39 Å². The van der Waals surface area contributed by atoms with Crippen molar-refractivity contribution in [1.29, 1.82) is 0 Å². The maximum Gasteiger partial charge on any atom is 0.123 e. The molecule has 1 aromatic carbocycles. The lowest BCUT2D eigenvalue weighted by Gasteiger charge is -2.33. The maximum absolute atomic E-state index is 13.0. The fourth-order valence-corrected chi connectivity index (χ4v) is 3.96. The first kappa shape index (κ1) is 21.1. The molecule has 26 heavy (non-hydrogen) atoms. The second kappa shape index (κ2) is 10.8. The Morgan fingerprint density at radius 1 is 1.04 bits per heavy atom. The summed E-state index contributed by atoms with van der Waals surface area (Å²) in [5.41, 5.74) is 1.30. The number of nitrogens with zero attached hydrogens (tertiary/aromatic N) is 2. The van der Waals surface area contributed by atoms with E-state index in [9.17, 15) is 4.39 Å². The highest BCUT2D eigenvalue weighted by Gasteiger charge is 2.26. The zero-order valence-corrected chi connectivity index (χ0v) is 17.0. The normalized spacial score (nSPS) is 22.3. The molecule has 2 aliphatic heterocycles. The molecular formula is C23H37FN2. The third-order valence-corrected chi connectivity index (χ3v) is 5.20. The van der Waals surface area contributed by atoms with Gasteiger partial charge >= 0.3 is 0 Å². The van der Waals surface area contributed by atoms with Gasteiger partial charge in [-0.15, -0.1) is 6.58 Å². The van der Waals surface area contributed by atoms with E-state index < -0.39 is 0 Å². The molecule has 3 heteroatoms. The van der Waals surface area contributed by atoms with Gasteiger partial charge in [-0.3, -0.25) is 4.90 Å². The van der Waals surface area contributed by atoms with Gasteiger partial charge in [-0.25, -0.2) is 4.39 Å². The number of likely N-dealkylation sites (tertiary alicyclic amines) is 2. The summed E-state index contributed by atoms with van der Waals surface area (Å²) in [6, 6.07) is 7.10.